The topological polar surface area (TPSA) is 33.0 Å². The largest absolute Gasteiger partial charge is 0.381 e. The molecule has 2 aliphatic rings. The van der Waals surface area contributed by atoms with Gasteiger partial charge in [-0.05, 0) is 37.5 Å². The molecule has 1 atom stereocenters. The van der Waals surface area contributed by atoms with E-state index in [9.17, 15) is 0 Å². The summed E-state index contributed by atoms with van der Waals surface area (Å²) in [4.78, 5) is 0. The number of nitrogens with zero attached hydrogens (tertiary/aromatic N) is 1. The highest BCUT2D eigenvalue weighted by molar-refractivity contribution is 4.96. The first kappa shape index (κ1) is 9.02. The highest BCUT2D eigenvalue weighted by atomic mass is 16.5. The molecular weight excluding hydrogens is 162 g/mol. The summed E-state index contributed by atoms with van der Waals surface area (Å²) in [5.74, 6) is 1.68. The normalized spacial score (nSPS) is 27.6. The van der Waals surface area contributed by atoms with Crippen molar-refractivity contribution < 1.29 is 4.74 Å². The minimum atomic E-state index is 0.331. The Labute approximate surface area is 79.9 Å². The second-order valence-corrected chi connectivity index (χ2v) is 4.30. The third kappa shape index (κ3) is 1.86. The van der Waals surface area contributed by atoms with Crippen LogP contribution >= 0.6 is 0 Å². The van der Waals surface area contributed by atoms with Crippen molar-refractivity contribution in [3.05, 3.63) is 0 Å². The molecule has 72 valence electrons. The molecule has 1 aliphatic carbocycles. The van der Waals surface area contributed by atoms with Gasteiger partial charge >= 0.3 is 0 Å². The maximum atomic E-state index is 9.12. The molecule has 0 spiro atoms. The van der Waals surface area contributed by atoms with Gasteiger partial charge in [-0.25, -0.2) is 0 Å². The Balaban J connectivity index is 1.90. The third-order valence-electron chi connectivity index (χ3n) is 3.58. The van der Waals surface area contributed by atoms with E-state index in [-0.39, 0.29) is 0 Å². The van der Waals surface area contributed by atoms with Gasteiger partial charge in [-0.3, -0.25) is 0 Å². The van der Waals surface area contributed by atoms with Gasteiger partial charge in [0, 0.05) is 13.2 Å². The van der Waals surface area contributed by atoms with Crippen LogP contribution in [-0.4, -0.2) is 13.2 Å². The summed E-state index contributed by atoms with van der Waals surface area (Å²) in [7, 11) is 0. The molecule has 2 nitrogen and oxygen atoms in total. The number of rotatable bonds is 2. The van der Waals surface area contributed by atoms with Crippen molar-refractivity contribution >= 4 is 0 Å². The lowest BCUT2D eigenvalue weighted by Crippen LogP contribution is -2.31. The van der Waals surface area contributed by atoms with Crippen LogP contribution in [0.3, 0.4) is 0 Å². The van der Waals surface area contributed by atoms with Crippen molar-refractivity contribution in [1.82, 2.24) is 0 Å². The van der Waals surface area contributed by atoms with Crippen molar-refractivity contribution in [3.63, 3.8) is 0 Å². The van der Waals surface area contributed by atoms with E-state index in [4.69, 9.17) is 10.00 Å². The maximum absolute atomic E-state index is 9.12. The van der Waals surface area contributed by atoms with Crippen LogP contribution in [0.5, 0.6) is 0 Å². The number of hydrogen-bond donors (Lipinski definition) is 0. The predicted molar refractivity (Wildman–Crippen MR) is 50.0 cm³/mol. The Morgan fingerprint density at radius 2 is 1.69 bits per heavy atom. The van der Waals surface area contributed by atoms with Crippen molar-refractivity contribution in [2.75, 3.05) is 13.2 Å². The molecule has 2 fully saturated rings. The van der Waals surface area contributed by atoms with Gasteiger partial charge < -0.3 is 4.74 Å². The van der Waals surface area contributed by atoms with Gasteiger partial charge in [0.15, 0.2) is 0 Å². The van der Waals surface area contributed by atoms with E-state index in [0.717, 1.165) is 26.1 Å². The lowest BCUT2D eigenvalue weighted by atomic mass is 9.69. The third-order valence-corrected chi connectivity index (χ3v) is 3.58. The molecule has 0 radical (unpaired) electrons. The van der Waals surface area contributed by atoms with Crippen LogP contribution in [0.15, 0.2) is 0 Å². The molecule has 1 aliphatic heterocycles. The molecule has 0 aromatic rings. The van der Waals surface area contributed by atoms with E-state index in [1.54, 1.807) is 0 Å². The van der Waals surface area contributed by atoms with Crippen molar-refractivity contribution in [2.24, 2.45) is 17.8 Å². The highest BCUT2D eigenvalue weighted by Crippen LogP contribution is 2.39. The summed E-state index contributed by atoms with van der Waals surface area (Å²) in [5.41, 5.74) is 0. The van der Waals surface area contributed by atoms with Crippen LogP contribution < -0.4 is 0 Å². The molecule has 0 bridgehead atoms. The van der Waals surface area contributed by atoms with Gasteiger partial charge in [0.05, 0.1) is 12.0 Å². The first-order valence-corrected chi connectivity index (χ1v) is 5.39. The predicted octanol–water partition coefficient (Wildman–Crippen LogP) is 2.35. The maximum Gasteiger partial charge on any atom is 0.0661 e. The molecule has 13 heavy (non-hydrogen) atoms. The fraction of sp³-hybridized carbons (Fsp3) is 0.909. The number of hydrogen-bond acceptors (Lipinski definition) is 2. The van der Waals surface area contributed by atoms with Crippen LogP contribution in [0.1, 0.15) is 32.1 Å². The Hall–Kier alpha value is -0.550. The zero-order valence-corrected chi connectivity index (χ0v) is 8.04. The molecule has 2 heteroatoms. The zero-order valence-electron chi connectivity index (χ0n) is 8.04. The Morgan fingerprint density at radius 1 is 1.08 bits per heavy atom. The summed E-state index contributed by atoms with van der Waals surface area (Å²) in [6.07, 6.45) is 6.13. The van der Waals surface area contributed by atoms with Crippen LogP contribution in [0, 0.1) is 29.1 Å². The minimum Gasteiger partial charge on any atom is -0.381 e. The second kappa shape index (κ2) is 4.11. The summed E-state index contributed by atoms with van der Waals surface area (Å²) in [6, 6.07) is 2.52. The van der Waals surface area contributed by atoms with Gasteiger partial charge in [-0.2, -0.15) is 5.26 Å². The Bertz CT molecular complexity index is 199. The summed E-state index contributed by atoms with van der Waals surface area (Å²) >= 11 is 0. The van der Waals surface area contributed by atoms with Gasteiger partial charge in [0.1, 0.15) is 0 Å². The molecule has 1 saturated heterocycles. The summed E-state index contributed by atoms with van der Waals surface area (Å²) in [6.45, 7) is 1.74. The molecule has 1 saturated carbocycles. The van der Waals surface area contributed by atoms with Crippen LogP contribution in [0.4, 0.5) is 0 Å². The first-order chi connectivity index (χ1) is 6.42. The average molecular weight is 179 g/mol. The van der Waals surface area contributed by atoms with Crippen molar-refractivity contribution in [2.45, 2.75) is 32.1 Å². The zero-order chi connectivity index (χ0) is 9.10. The van der Waals surface area contributed by atoms with E-state index < -0.39 is 0 Å². The molecular formula is C11H17NO. The summed E-state index contributed by atoms with van der Waals surface area (Å²) in [5, 5.41) is 9.12. The molecule has 0 amide bonds. The van der Waals surface area contributed by atoms with E-state index in [0.29, 0.717) is 17.8 Å². The van der Waals surface area contributed by atoms with E-state index in [2.05, 4.69) is 6.07 Å². The van der Waals surface area contributed by atoms with Gasteiger partial charge in [0.25, 0.3) is 0 Å². The molecule has 0 aromatic heterocycles. The second-order valence-electron chi connectivity index (χ2n) is 4.30. The van der Waals surface area contributed by atoms with E-state index >= 15 is 0 Å². The fourth-order valence-electron chi connectivity index (χ4n) is 2.47. The van der Waals surface area contributed by atoms with Crippen molar-refractivity contribution in [1.29, 1.82) is 5.26 Å². The lowest BCUT2D eigenvalue weighted by Gasteiger charge is -2.36. The van der Waals surface area contributed by atoms with E-state index in [1.165, 1.54) is 19.3 Å². The van der Waals surface area contributed by atoms with E-state index in [1.807, 2.05) is 0 Å². The Morgan fingerprint density at radius 3 is 2.15 bits per heavy atom. The Kier molecular flexibility index (Phi) is 2.85. The van der Waals surface area contributed by atoms with Crippen LogP contribution in [0.2, 0.25) is 0 Å². The van der Waals surface area contributed by atoms with Crippen molar-refractivity contribution in [3.8, 4) is 6.07 Å². The number of ether oxygens (including phenoxy) is 1. The summed E-state index contributed by atoms with van der Waals surface area (Å²) < 4.78 is 5.32. The highest BCUT2D eigenvalue weighted by Gasteiger charge is 2.33. The van der Waals surface area contributed by atoms with Gasteiger partial charge in [-0.15, -0.1) is 0 Å². The van der Waals surface area contributed by atoms with Gasteiger partial charge in [0.2, 0.25) is 0 Å². The van der Waals surface area contributed by atoms with Crippen LogP contribution in [-0.2, 0) is 4.74 Å². The quantitative estimate of drug-likeness (QED) is 0.652. The molecule has 2 rings (SSSR count). The van der Waals surface area contributed by atoms with Crippen LogP contribution in [0.25, 0.3) is 0 Å². The average Bonchev–Trinajstić information content (AvgIpc) is 2.12. The molecule has 0 N–H and O–H groups in total. The minimum absolute atomic E-state index is 0.331. The SMILES string of the molecule is N#CC(C1CCC1)C1CCOCC1. The fourth-order valence-corrected chi connectivity index (χ4v) is 2.47. The van der Waals surface area contributed by atoms with Gasteiger partial charge in [-0.1, -0.05) is 6.42 Å². The molecule has 1 heterocycles. The molecule has 0 aromatic carbocycles. The number of nitriles is 1. The lowest BCUT2D eigenvalue weighted by molar-refractivity contribution is 0.0366. The monoisotopic (exact) mass is 179 g/mol. The standard InChI is InChI=1S/C11H17NO/c12-8-11(9-2-1-3-9)10-4-6-13-7-5-10/h9-11H,1-7H2. The molecule has 1 unspecified atom stereocenters. The first-order valence-electron chi connectivity index (χ1n) is 5.39. The smallest absolute Gasteiger partial charge is 0.0661 e.